The molecule has 1 aromatic heterocycles. The van der Waals surface area contributed by atoms with Gasteiger partial charge in [0.25, 0.3) is 0 Å². The molecule has 0 atom stereocenters. The lowest BCUT2D eigenvalue weighted by Crippen LogP contribution is -2.00. The number of halogens is 1. The van der Waals surface area contributed by atoms with Crippen LogP contribution < -0.4 is 0 Å². The maximum Gasteiger partial charge on any atom is 0.196 e. The third-order valence-corrected chi connectivity index (χ3v) is 4.10. The summed E-state index contributed by atoms with van der Waals surface area (Å²) in [6.07, 6.45) is 0. The molecule has 0 aliphatic heterocycles. The number of carbonyl (C=O) groups excluding carboxylic acids is 1. The highest BCUT2D eigenvalue weighted by atomic mass is 35.5. The van der Waals surface area contributed by atoms with E-state index < -0.39 is 0 Å². The zero-order valence-corrected chi connectivity index (χ0v) is 12.2. The van der Waals surface area contributed by atoms with E-state index in [1.165, 1.54) is 28.0 Å². The first kappa shape index (κ1) is 13.2. The van der Waals surface area contributed by atoms with E-state index in [1.807, 2.05) is 0 Å². The zero-order chi connectivity index (χ0) is 13.3. The third-order valence-electron chi connectivity index (χ3n) is 2.98. The van der Waals surface area contributed by atoms with Crippen LogP contribution in [0.15, 0.2) is 17.5 Å². The van der Waals surface area contributed by atoms with Gasteiger partial charge in [-0.3, -0.25) is 4.79 Å². The summed E-state index contributed by atoms with van der Waals surface area (Å²) in [5.74, 6) is -0.143. The van der Waals surface area contributed by atoms with Crippen molar-refractivity contribution in [3.05, 3.63) is 39.9 Å². The van der Waals surface area contributed by atoms with Crippen molar-refractivity contribution in [2.45, 2.75) is 20.8 Å². The molecule has 0 saturated heterocycles. The van der Waals surface area contributed by atoms with Gasteiger partial charge in [0.1, 0.15) is 10.7 Å². The molecule has 2 nitrogen and oxygen atoms in total. The maximum absolute atomic E-state index is 11.5. The van der Waals surface area contributed by atoms with Gasteiger partial charge >= 0.3 is 0 Å². The van der Waals surface area contributed by atoms with Crippen LogP contribution in [0.2, 0.25) is 0 Å². The molecule has 1 heterocycles. The number of carbonyl (C=O) groups is 1. The van der Waals surface area contributed by atoms with Crippen LogP contribution in [0.5, 0.6) is 0 Å². The predicted octanol–water partition coefficient (Wildman–Crippen LogP) is 4.16. The number of aromatic nitrogens is 1. The highest BCUT2D eigenvalue weighted by molar-refractivity contribution is 7.13. The van der Waals surface area contributed by atoms with Crippen LogP contribution in [0, 0.1) is 20.8 Å². The number of hydrogen-bond acceptors (Lipinski definition) is 3. The first-order valence-electron chi connectivity index (χ1n) is 5.66. The molecule has 0 N–H and O–H groups in total. The van der Waals surface area contributed by atoms with Crippen LogP contribution >= 0.6 is 22.9 Å². The van der Waals surface area contributed by atoms with Crippen molar-refractivity contribution in [2.75, 3.05) is 5.88 Å². The van der Waals surface area contributed by atoms with Gasteiger partial charge in [-0.1, -0.05) is 6.07 Å². The van der Waals surface area contributed by atoms with Gasteiger partial charge < -0.3 is 0 Å². The van der Waals surface area contributed by atoms with Crippen molar-refractivity contribution < 1.29 is 4.79 Å². The van der Waals surface area contributed by atoms with Gasteiger partial charge in [-0.25, -0.2) is 4.98 Å². The van der Waals surface area contributed by atoms with Crippen molar-refractivity contribution in [3.8, 4) is 10.6 Å². The molecule has 0 spiro atoms. The SMILES string of the molecule is Cc1cc(C)c(-c2nc(C(=O)CCl)cs2)cc1C. The van der Waals surface area contributed by atoms with Crippen molar-refractivity contribution in [1.29, 1.82) is 0 Å². The van der Waals surface area contributed by atoms with Crippen LogP contribution in [-0.2, 0) is 0 Å². The molecule has 4 heteroatoms. The number of rotatable bonds is 3. The van der Waals surface area contributed by atoms with Crippen LogP contribution in [0.1, 0.15) is 27.2 Å². The molecule has 0 aliphatic carbocycles. The Labute approximate surface area is 116 Å². The Kier molecular flexibility index (Phi) is 3.83. The Hall–Kier alpha value is -1.19. The molecule has 0 fully saturated rings. The topological polar surface area (TPSA) is 30.0 Å². The van der Waals surface area contributed by atoms with E-state index in [4.69, 9.17) is 11.6 Å². The number of hydrogen-bond donors (Lipinski definition) is 0. The molecule has 2 rings (SSSR count). The molecule has 0 radical (unpaired) electrons. The number of aryl methyl sites for hydroxylation is 3. The van der Waals surface area contributed by atoms with Crippen molar-refractivity contribution in [2.24, 2.45) is 0 Å². The fourth-order valence-electron chi connectivity index (χ4n) is 1.78. The normalized spacial score (nSPS) is 10.7. The molecule has 18 heavy (non-hydrogen) atoms. The average molecular weight is 280 g/mol. The number of ketones is 1. The summed E-state index contributed by atoms with van der Waals surface area (Å²) in [4.78, 5) is 15.8. The van der Waals surface area contributed by atoms with Crippen molar-refractivity contribution in [1.82, 2.24) is 4.98 Å². The molecular formula is C14H14ClNOS. The summed E-state index contributed by atoms with van der Waals surface area (Å²) in [5, 5.41) is 2.65. The smallest absolute Gasteiger partial charge is 0.196 e. The lowest BCUT2D eigenvalue weighted by atomic mass is 10.0. The van der Waals surface area contributed by atoms with Gasteiger partial charge in [0.15, 0.2) is 5.78 Å². The first-order valence-corrected chi connectivity index (χ1v) is 7.07. The van der Waals surface area contributed by atoms with Gasteiger partial charge in [0.2, 0.25) is 0 Å². The zero-order valence-electron chi connectivity index (χ0n) is 10.6. The summed E-state index contributed by atoms with van der Waals surface area (Å²) < 4.78 is 0. The lowest BCUT2D eigenvalue weighted by Gasteiger charge is -2.07. The van der Waals surface area contributed by atoms with E-state index in [9.17, 15) is 4.79 Å². The number of Topliss-reactive ketones (excluding diaryl/α,β-unsaturated/α-hetero) is 1. The van der Waals surface area contributed by atoms with Gasteiger partial charge in [-0.15, -0.1) is 22.9 Å². The molecule has 0 unspecified atom stereocenters. The number of thiazole rings is 1. The average Bonchev–Trinajstić information content (AvgIpc) is 2.82. The monoisotopic (exact) mass is 279 g/mol. The Balaban J connectivity index is 2.46. The maximum atomic E-state index is 11.5. The van der Waals surface area contributed by atoms with Gasteiger partial charge in [-0.05, 0) is 43.5 Å². The molecule has 2 aromatic rings. The van der Waals surface area contributed by atoms with E-state index in [-0.39, 0.29) is 11.7 Å². The third kappa shape index (κ3) is 2.47. The highest BCUT2D eigenvalue weighted by Gasteiger charge is 2.12. The van der Waals surface area contributed by atoms with Gasteiger partial charge in [0.05, 0.1) is 5.88 Å². The highest BCUT2D eigenvalue weighted by Crippen LogP contribution is 2.29. The second-order valence-electron chi connectivity index (χ2n) is 4.35. The first-order chi connectivity index (χ1) is 8.52. The Bertz CT molecular complexity index is 604. The molecule has 1 aromatic carbocycles. The molecule has 94 valence electrons. The number of alkyl halides is 1. The minimum Gasteiger partial charge on any atom is -0.291 e. The van der Waals surface area contributed by atoms with Crippen LogP contribution in [0.4, 0.5) is 0 Å². The second-order valence-corrected chi connectivity index (χ2v) is 5.47. The molecule has 0 bridgehead atoms. The molecule has 0 saturated carbocycles. The number of benzene rings is 1. The largest absolute Gasteiger partial charge is 0.291 e. The lowest BCUT2D eigenvalue weighted by molar-refractivity contribution is 0.101. The minimum atomic E-state index is -0.124. The predicted molar refractivity (Wildman–Crippen MR) is 76.8 cm³/mol. The van der Waals surface area contributed by atoms with E-state index in [0.717, 1.165) is 10.6 Å². The van der Waals surface area contributed by atoms with E-state index in [0.29, 0.717) is 5.69 Å². The molecule has 0 amide bonds. The fourth-order valence-corrected chi connectivity index (χ4v) is 2.83. The van der Waals surface area contributed by atoms with E-state index in [2.05, 4.69) is 37.9 Å². The molecule has 0 aliphatic rings. The van der Waals surface area contributed by atoms with Crippen LogP contribution in [0.25, 0.3) is 10.6 Å². The Morgan fingerprint density at radius 2 is 1.89 bits per heavy atom. The quantitative estimate of drug-likeness (QED) is 0.624. The minimum absolute atomic E-state index is 0.0188. The second kappa shape index (κ2) is 5.21. The van der Waals surface area contributed by atoms with E-state index in [1.54, 1.807) is 5.38 Å². The Morgan fingerprint density at radius 3 is 2.56 bits per heavy atom. The van der Waals surface area contributed by atoms with Crippen molar-refractivity contribution >= 4 is 28.7 Å². The summed E-state index contributed by atoms with van der Waals surface area (Å²) in [6.45, 7) is 6.24. The summed E-state index contributed by atoms with van der Waals surface area (Å²) in [5.41, 5.74) is 5.23. The number of nitrogens with zero attached hydrogens (tertiary/aromatic N) is 1. The molecular weight excluding hydrogens is 266 g/mol. The van der Waals surface area contributed by atoms with Crippen LogP contribution in [0.3, 0.4) is 0 Å². The Morgan fingerprint density at radius 1 is 1.22 bits per heavy atom. The standard InChI is InChI=1S/C14H14ClNOS/c1-8-4-10(3)11(5-9(8)2)14-16-12(7-18-14)13(17)6-15/h4-5,7H,6H2,1-3H3. The summed E-state index contributed by atoms with van der Waals surface area (Å²) in [6, 6.07) is 4.27. The van der Waals surface area contributed by atoms with Crippen molar-refractivity contribution in [3.63, 3.8) is 0 Å². The van der Waals surface area contributed by atoms with Gasteiger partial charge in [-0.2, -0.15) is 0 Å². The van der Waals surface area contributed by atoms with Gasteiger partial charge in [0, 0.05) is 10.9 Å². The van der Waals surface area contributed by atoms with Crippen LogP contribution in [-0.4, -0.2) is 16.6 Å². The van der Waals surface area contributed by atoms with E-state index >= 15 is 0 Å². The summed E-state index contributed by atoms with van der Waals surface area (Å²) in [7, 11) is 0. The summed E-state index contributed by atoms with van der Waals surface area (Å²) >= 11 is 7.02. The fraction of sp³-hybridized carbons (Fsp3) is 0.286.